The van der Waals surface area contributed by atoms with Crippen molar-refractivity contribution in [1.82, 2.24) is 0 Å². The summed E-state index contributed by atoms with van der Waals surface area (Å²) in [6.45, 7) is 6.93. The van der Waals surface area contributed by atoms with Crippen LogP contribution in [0, 0.1) is 11.8 Å². The van der Waals surface area contributed by atoms with E-state index in [0.29, 0.717) is 24.7 Å². The van der Waals surface area contributed by atoms with E-state index < -0.39 is 0 Å². The number of ketones is 1. The van der Waals surface area contributed by atoms with E-state index in [4.69, 9.17) is 5.73 Å². The van der Waals surface area contributed by atoms with Gasteiger partial charge in [-0.25, -0.2) is 0 Å². The van der Waals surface area contributed by atoms with Crippen LogP contribution in [-0.4, -0.2) is 12.3 Å². The zero-order valence-electron chi connectivity index (χ0n) is 9.18. The van der Waals surface area contributed by atoms with E-state index in [-0.39, 0.29) is 5.92 Å². The van der Waals surface area contributed by atoms with E-state index in [1.807, 2.05) is 6.92 Å². The zero-order chi connectivity index (χ0) is 10.3. The third-order valence-electron chi connectivity index (χ3n) is 2.56. The molecule has 0 saturated heterocycles. The monoisotopic (exact) mass is 185 g/mol. The minimum absolute atomic E-state index is 0.245. The highest BCUT2D eigenvalue weighted by Crippen LogP contribution is 2.12. The highest BCUT2D eigenvalue weighted by Gasteiger charge is 2.12. The number of carbonyl (C=O) groups excluding carboxylic acids is 1. The van der Waals surface area contributed by atoms with E-state index in [2.05, 4.69) is 13.8 Å². The summed E-state index contributed by atoms with van der Waals surface area (Å²) in [5.41, 5.74) is 5.48. The van der Waals surface area contributed by atoms with Gasteiger partial charge in [0.05, 0.1) is 0 Å². The topological polar surface area (TPSA) is 43.1 Å². The van der Waals surface area contributed by atoms with Gasteiger partial charge in [0.15, 0.2) is 0 Å². The lowest BCUT2D eigenvalue weighted by Crippen LogP contribution is -2.15. The molecule has 0 aliphatic carbocycles. The zero-order valence-corrected chi connectivity index (χ0v) is 9.18. The molecular formula is C11H23NO. The molecule has 2 N–H and O–H groups in total. The molecule has 0 heterocycles. The molecule has 0 radical (unpaired) electrons. The molecule has 2 atom stereocenters. The Kier molecular flexibility index (Phi) is 6.87. The van der Waals surface area contributed by atoms with Crippen molar-refractivity contribution < 1.29 is 4.79 Å². The number of rotatable bonds is 7. The van der Waals surface area contributed by atoms with Crippen molar-refractivity contribution in [2.75, 3.05) is 6.54 Å². The quantitative estimate of drug-likeness (QED) is 0.661. The lowest BCUT2D eigenvalue weighted by Gasteiger charge is -2.11. The van der Waals surface area contributed by atoms with Gasteiger partial charge in [0, 0.05) is 12.3 Å². The van der Waals surface area contributed by atoms with Crippen molar-refractivity contribution in [3.63, 3.8) is 0 Å². The Morgan fingerprint density at radius 2 is 1.92 bits per heavy atom. The highest BCUT2D eigenvalue weighted by molar-refractivity contribution is 5.80. The van der Waals surface area contributed by atoms with Crippen LogP contribution >= 0.6 is 0 Å². The van der Waals surface area contributed by atoms with Crippen molar-refractivity contribution in [3.05, 3.63) is 0 Å². The second-order valence-corrected chi connectivity index (χ2v) is 4.04. The smallest absolute Gasteiger partial charge is 0.135 e. The number of hydrogen-bond donors (Lipinski definition) is 1. The normalized spacial score (nSPS) is 15.4. The van der Waals surface area contributed by atoms with Gasteiger partial charge < -0.3 is 5.73 Å². The number of hydrogen-bond acceptors (Lipinski definition) is 2. The van der Waals surface area contributed by atoms with E-state index >= 15 is 0 Å². The first-order valence-electron chi connectivity index (χ1n) is 5.34. The lowest BCUT2D eigenvalue weighted by atomic mass is 9.94. The van der Waals surface area contributed by atoms with E-state index in [0.717, 1.165) is 19.3 Å². The Labute approximate surface area is 81.9 Å². The van der Waals surface area contributed by atoms with Gasteiger partial charge in [0.1, 0.15) is 5.78 Å². The maximum absolute atomic E-state index is 11.5. The van der Waals surface area contributed by atoms with Crippen LogP contribution in [0.2, 0.25) is 0 Å². The van der Waals surface area contributed by atoms with Crippen LogP contribution in [0.3, 0.4) is 0 Å². The number of nitrogens with two attached hydrogens (primary N) is 1. The average molecular weight is 185 g/mol. The van der Waals surface area contributed by atoms with Crippen molar-refractivity contribution in [1.29, 1.82) is 0 Å². The first-order valence-corrected chi connectivity index (χ1v) is 5.34. The summed E-state index contributed by atoms with van der Waals surface area (Å²) in [4.78, 5) is 11.5. The molecule has 0 amide bonds. The van der Waals surface area contributed by atoms with Crippen LogP contribution in [0.5, 0.6) is 0 Å². The minimum atomic E-state index is 0.245. The molecule has 0 saturated carbocycles. The van der Waals surface area contributed by atoms with Crippen LogP contribution in [0.15, 0.2) is 0 Å². The van der Waals surface area contributed by atoms with Gasteiger partial charge in [-0.15, -0.1) is 0 Å². The molecule has 0 bridgehead atoms. The minimum Gasteiger partial charge on any atom is -0.330 e. The van der Waals surface area contributed by atoms with Gasteiger partial charge in [-0.2, -0.15) is 0 Å². The summed E-state index contributed by atoms with van der Waals surface area (Å²) in [7, 11) is 0. The molecular weight excluding hydrogens is 162 g/mol. The SMILES string of the molecule is CCCC(C)C(=O)CCC(C)CN. The molecule has 13 heavy (non-hydrogen) atoms. The molecule has 0 rings (SSSR count). The fourth-order valence-electron chi connectivity index (χ4n) is 1.35. The van der Waals surface area contributed by atoms with Crippen LogP contribution in [-0.2, 0) is 4.79 Å². The molecule has 78 valence electrons. The third kappa shape index (κ3) is 5.81. The molecule has 0 spiro atoms. The average Bonchev–Trinajstić information content (AvgIpc) is 2.13. The number of carbonyl (C=O) groups is 1. The molecule has 0 aromatic carbocycles. The Bertz CT molecular complexity index is 145. The molecule has 0 aromatic heterocycles. The van der Waals surface area contributed by atoms with Crippen molar-refractivity contribution >= 4 is 5.78 Å². The Morgan fingerprint density at radius 3 is 2.38 bits per heavy atom. The van der Waals surface area contributed by atoms with Crippen LogP contribution in [0.4, 0.5) is 0 Å². The fraction of sp³-hybridized carbons (Fsp3) is 0.909. The molecule has 0 aliphatic heterocycles. The maximum atomic E-state index is 11.5. The van der Waals surface area contributed by atoms with Gasteiger partial charge in [0.2, 0.25) is 0 Å². The molecule has 0 aromatic rings. The van der Waals surface area contributed by atoms with Crippen LogP contribution in [0.1, 0.15) is 46.5 Å². The number of Topliss-reactive ketones (excluding diaryl/α,β-unsaturated/α-hetero) is 1. The Balaban J connectivity index is 3.61. The molecule has 2 nitrogen and oxygen atoms in total. The summed E-state index contributed by atoms with van der Waals surface area (Å²) < 4.78 is 0. The molecule has 0 fully saturated rings. The second-order valence-electron chi connectivity index (χ2n) is 4.04. The van der Waals surface area contributed by atoms with E-state index in [1.165, 1.54) is 0 Å². The van der Waals surface area contributed by atoms with Crippen molar-refractivity contribution in [2.24, 2.45) is 17.6 Å². The highest BCUT2D eigenvalue weighted by atomic mass is 16.1. The van der Waals surface area contributed by atoms with Gasteiger partial charge >= 0.3 is 0 Å². The lowest BCUT2D eigenvalue weighted by molar-refractivity contribution is -0.122. The third-order valence-corrected chi connectivity index (χ3v) is 2.56. The predicted molar refractivity (Wildman–Crippen MR) is 56.5 cm³/mol. The van der Waals surface area contributed by atoms with Gasteiger partial charge in [-0.3, -0.25) is 4.79 Å². The standard InChI is InChI=1S/C11H23NO/c1-4-5-10(3)11(13)7-6-9(2)8-12/h9-10H,4-8,12H2,1-3H3. The van der Waals surface area contributed by atoms with Gasteiger partial charge in [-0.05, 0) is 25.3 Å². The maximum Gasteiger partial charge on any atom is 0.135 e. The van der Waals surface area contributed by atoms with Crippen molar-refractivity contribution in [2.45, 2.75) is 46.5 Å². The van der Waals surface area contributed by atoms with Gasteiger partial charge in [-0.1, -0.05) is 27.2 Å². The van der Waals surface area contributed by atoms with E-state index in [1.54, 1.807) is 0 Å². The first kappa shape index (κ1) is 12.6. The van der Waals surface area contributed by atoms with Gasteiger partial charge in [0.25, 0.3) is 0 Å². The summed E-state index contributed by atoms with van der Waals surface area (Å²) in [5.74, 6) is 1.13. The summed E-state index contributed by atoms with van der Waals surface area (Å²) in [6.07, 6.45) is 3.78. The van der Waals surface area contributed by atoms with Crippen LogP contribution in [0.25, 0.3) is 0 Å². The Hall–Kier alpha value is -0.370. The second kappa shape index (κ2) is 7.07. The first-order chi connectivity index (χ1) is 6.11. The van der Waals surface area contributed by atoms with Crippen LogP contribution < -0.4 is 5.73 Å². The molecule has 2 heteroatoms. The summed E-state index contributed by atoms with van der Waals surface area (Å²) >= 11 is 0. The Morgan fingerprint density at radius 1 is 1.31 bits per heavy atom. The fourth-order valence-corrected chi connectivity index (χ4v) is 1.35. The summed E-state index contributed by atoms with van der Waals surface area (Å²) in [6, 6.07) is 0. The van der Waals surface area contributed by atoms with Crippen molar-refractivity contribution in [3.8, 4) is 0 Å². The largest absolute Gasteiger partial charge is 0.330 e. The van der Waals surface area contributed by atoms with E-state index in [9.17, 15) is 4.79 Å². The molecule has 2 unspecified atom stereocenters. The predicted octanol–water partition coefficient (Wildman–Crippen LogP) is 2.37. The molecule has 0 aliphatic rings. The summed E-state index contributed by atoms with van der Waals surface area (Å²) in [5, 5.41) is 0.